The van der Waals surface area contributed by atoms with E-state index in [1.54, 1.807) is 6.07 Å². The summed E-state index contributed by atoms with van der Waals surface area (Å²) in [7, 11) is 0. The molecular formula is C14H11ClFIO. The van der Waals surface area contributed by atoms with Gasteiger partial charge in [-0.1, -0.05) is 23.7 Å². The fraction of sp³-hybridized carbons (Fsp3) is 0.143. The molecule has 1 N–H and O–H groups in total. The average molecular weight is 377 g/mol. The third kappa shape index (κ3) is 3.43. The molecule has 0 amide bonds. The summed E-state index contributed by atoms with van der Waals surface area (Å²) < 4.78 is 14.6. The average Bonchev–Trinajstić information content (AvgIpc) is 2.34. The van der Waals surface area contributed by atoms with Crippen molar-refractivity contribution >= 4 is 34.2 Å². The lowest BCUT2D eigenvalue weighted by Crippen LogP contribution is -2.03. The summed E-state index contributed by atoms with van der Waals surface area (Å²) in [4.78, 5) is 0. The van der Waals surface area contributed by atoms with Gasteiger partial charge in [0.15, 0.2) is 0 Å². The second-order valence-electron chi connectivity index (χ2n) is 4.01. The SMILES string of the molecule is OC(Cc1cc(Cl)ccc1F)c1ccc(I)cc1. The minimum Gasteiger partial charge on any atom is -0.388 e. The zero-order valence-electron chi connectivity index (χ0n) is 9.41. The van der Waals surface area contributed by atoms with Crippen LogP contribution in [-0.2, 0) is 6.42 Å². The van der Waals surface area contributed by atoms with Gasteiger partial charge in [0.25, 0.3) is 0 Å². The van der Waals surface area contributed by atoms with Crippen molar-refractivity contribution in [2.24, 2.45) is 0 Å². The van der Waals surface area contributed by atoms with Crippen LogP contribution in [0.4, 0.5) is 4.39 Å². The summed E-state index contributed by atoms with van der Waals surface area (Å²) in [6.07, 6.45) is -0.512. The molecule has 0 heterocycles. The Labute approximate surface area is 124 Å². The van der Waals surface area contributed by atoms with Crippen molar-refractivity contribution in [3.05, 3.63) is 68.0 Å². The Morgan fingerprint density at radius 3 is 2.50 bits per heavy atom. The summed E-state index contributed by atoms with van der Waals surface area (Å²) in [5.41, 5.74) is 1.20. The highest BCUT2D eigenvalue weighted by molar-refractivity contribution is 14.1. The second kappa shape index (κ2) is 5.99. The van der Waals surface area contributed by atoms with E-state index < -0.39 is 6.10 Å². The van der Waals surface area contributed by atoms with Crippen molar-refractivity contribution in [3.8, 4) is 0 Å². The Bertz CT molecular complexity index is 542. The van der Waals surface area contributed by atoms with Crippen LogP contribution < -0.4 is 0 Å². The molecule has 1 atom stereocenters. The minimum atomic E-state index is -0.727. The molecule has 0 radical (unpaired) electrons. The van der Waals surface area contributed by atoms with Gasteiger partial charge < -0.3 is 5.11 Å². The fourth-order valence-electron chi connectivity index (χ4n) is 1.71. The van der Waals surface area contributed by atoms with Gasteiger partial charge >= 0.3 is 0 Å². The summed E-state index contributed by atoms with van der Waals surface area (Å²) >= 11 is 8.01. The van der Waals surface area contributed by atoms with E-state index >= 15 is 0 Å². The van der Waals surface area contributed by atoms with Crippen molar-refractivity contribution < 1.29 is 9.50 Å². The van der Waals surface area contributed by atoms with Gasteiger partial charge in [-0.3, -0.25) is 0 Å². The topological polar surface area (TPSA) is 20.2 Å². The predicted molar refractivity (Wildman–Crippen MR) is 79.2 cm³/mol. The standard InChI is InChI=1S/C14H11ClFIO/c15-11-3-6-13(16)10(7-11)8-14(18)9-1-4-12(17)5-2-9/h1-7,14,18H,8H2. The minimum absolute atomic E-state index is 0.215. The number of hydrogen-bond acceptors (Lipinski definition) is 1. The molecule has 1 nitrogen and oxygen atoms in total. The summed E-state index contributed by atoms with van der Waals surface area (Å²) in [6, 6.07) is 11.9. The van der Waals surface area contributed by atoms with Crippen molar-refractivity contribution in [2.75, 3.05) is 0 Å². The maximum Gasteiger partial charge on any atom is 0.126 e. The van der Waals surface area contributed by atoms with Gasteiger partial charge in [-0.05, 0) is 64.0 Å². The van der Waals surface area contributed by atoms with Crippen molar-refractivity contribution in [1.29, 1.82) is 0 Å². The zero-order valence-corrected chi connectivity index (χ0v) is 12.3. The van der Waals surface area contributed by atoms with Gasteiger partial charge in [0.05, 0.1) is 6.10 Å². The van der Waals surface area contributed by atoms with Gasteiger partial charge in [-0.2, -0.15) is 0 Å². The summed E-state index contributed by atoms with van der Waals surface area (Å²) in [5, 5.41) is 10.5. The molecule has 0 saturated heterocycles. The molecule has 0 aliphatic rings. The van der Waals surface area contributed by atoms with Crippen LogP contribution in [0.1, 0.15) is 17.2 Å². The van der Waals surface area contributed by atoms with Crippen molar-refractivity contribution in [2.45, 2.75) is 12.5 Å². The van der Waals surface area contributed by atoms with Crippen LogP contribution in [0.25, 0.3) is 0 Å². The Morgan fingerprint density at radius 1 is 1.17 bits per heavy atom. The van der Waals surface area contributed by atoms with E-state index in [1.807, 2.05) is 24.3 Å². The van der Waals surface area contributed by atoms with E-state index in [-0.39, 0.29) is 12.2 Å². The maximum absolute atomic E-state index is 13.5. The van der Waals surface area contributed by atoms with Crippen LogP contribution in [0.15, 0.2) is 42.5 Å². The number of aliphatic hydroxyl groups is 1. The quantitative estimate of drug-likeness (QED) is 0.789. The summed E-state index contributed by atoms with van der Waals surface area (Å²) in [6.45, 7) is 0. The monoisotopic (exact) mass is 376 g/mol. The van der Waals surface area contributed by atoms with E-state index in [0.717, 1.165) is 9.13 Å². The number of halogens is 3. The third-order valence-corrected chi connectivity index (χ3v) is 3.63. The molecule has 4 heteroatoms. The lowest BCUT2D eigenvalue weighted by atomic mass is 10.0. The molecule has 2 aromatic carbocycles. The summed E-state index contributed by atoms with van der Waals surface area (Å²) in [5.74, 6) is -0.344. The first-order valence-electron chi connectivity index (χ1n) is 5.44. The van der Waals surface area contributed by atoms with Crippen LogP contribution in [0, 0.1) is 9.39 Å². The molecule has 0 saturated carbocycles. The Balaban J connectivity index is 2.18. The van der Waals surface area contributed by atoms with Crippen LogP contribution in [0.2, 0.25) is 5.02 Å². The smallest absolute Gasteiger partial charge is 0.126 e. The van der Waals surface area contributed by atoms with Crippen LogP contribution in [0.3, 0.4) is 0 Å². The third-order valence-electron chi connectivity index (χ3n) is 2.68. The Hall–Kier alpha value is -0.650. The first kappa shape index (κ1) is 13.8. The Kier molecular flexibility index (Phi) is 4.59. The van der Waals surface area contributed by atoms with E-state index in [9.17, 15) is 9.50 Å². The zero-order chi connectivity index (χ0) is 13.1. The van der Waals surface area contributed by atoms with Crippen LogP contribution in [0.5, 0.6) is 0 Å². The van der Waals surface area contributed by atoms with Crippen molar-refractivity contribution in [1.82, 2.24) is 0 Å². The molecule has 0 aromatic heterocycles. The van der Waals surface area contributed by atoms with E-state index in [2.05, 4.69) is 22.6 Å². The first-order valence-corrected chi connectivity index (χ1v) is 6.89. The van der Waals surface area contributed by atoms with E-state index in [1.165, 1.54) is 12.1 Å². The molecule has 0 fully saturated rings. The van der Waals surface area contributed by atoms with Gasteiger partial charge in [0.2, 0.25) is 0 Å². The highest BCUT2D eigenvalue weighted by atomic mass is 127. The molecule has 2 aromatic rings. The molecule has 2 rings (SSSR count). The predicted octanol–water partition coefficient (Wildman–Crippen LogP) is 4.36. The van der Waals surface area contributed by atoms with Crippen LogP contribution >= 0.6 is 34.2 Å². The van der Waals surface area contributed by atoms with Gasteiger partial charge in [0, 0.05) is 15.0 Å². The molecule has 0 aliphatic heterocycles. The maximum atomic E-state index is 13.5. The van der Waals surface area contributed by atoms with Gasteiger partial charge in [-0.25, -0.2) is 4.39 Å². The lowest BCUT2D eigenvalue weighted by molar-refractivity contribution is 0.177. The Morgan fingerprint density at radius 2 is 1.83 bits per heavy atom. The molecule has 0 bridgehead atoms. The van der Waals surface area contributed by atoms with E-state index in [0.29, 0.717) is 10.6 Å². The highest BCUT2D eigenvalue weighted by Crippen LogP contribution is 2.23. The second-order valence-corrected chi connectivity index (χ2v) is 5.69. The van der Waals surface area contributed by atoms with Gasteiger partial charge in [0.1, 0.15) is 5.82 Å². The molecule has 0 aliphatic carbocycles. The molecule has 18 heavy (non-hydrogen) atoms. The largest absolute Gasteiger partial charge is 0.388 e. The molecular weight excluding hydrogens is 366 g/mol. The normalized spacial score (nSPS) is 12.4. The van der Waals surface area contributed by atoms with E-state index in [4.69, 9.17) is 11.6 Å². The first-order chi connectivity index (χ1) is 8.56. The molecule has 94 valence electrons. The number of benzene rings is 2. The molecule has 0 spiro atoms. The van der Waals surface area contributed by atoms with Crippen LogP contribution in [-0.4, -0.2) is 5.11 Å². The van der Waals surface area contributed by atoms with Gasteiger partial charge in [-0.15, -0.1) is 0 Å². The van der Waals surface area contributed by atoms with Crippen molar-refractivity contribution in [3.63, 3.8) is 0 Å². The fourth-order valence-corrected chi connectivity index (χ4v) is 2.27. The lowest BCUT2D eigenvalue weighted by Gasteiger charge is -2.12. The number of hydrogen-bond donors (Lipinski definition) is 1. The highest BCUT2D eigenvalue weighted by Gasteiger charge is 2.12. The number of aliphatic hydroxyl groups excluding tert-OH is 1. The molecule has 1 unspecified atom stereocenters. The number of rotatable bonds is 3.